The molecule has 0 saturated carbocycles. The van der Waals surface area contributed by atoms with Crippen LogP contribution in [-0.4, -0.2) is 10.9 Å². The van der Waals surface area contributed by atoms with Crippen molar-refractivity contribution in [3.05, 3.63) is 83.4 Å². The standard InChI is InChI=1S/C22H21FN2O2/c1-14(2)21-13-12-20(15(3)24-21)22(26)25-17-6-10-19(11-7-17)27-18-8-4-16(23)5-9-18/h4-14H,1-3H3,(H,25,26). The van der Waals surface area contributed by atoms with Gasteiger partial charge in [-0.2, -0.15) is 0 Å². The Morgan fingerprint density at radius 2 is 1.56 bits per heavy atom. The zero-order valence-electron chi connectivity index (χ0n) is 15.5. The highest BCUT2D eigenvalue weighted by Gasteiger charge is 2.12. The van der Waals surface area contributed by atoms with Gasteiger partial charge in [0.2, 0.25) is 0 Å². The van der Waals surface area contributed by atoms with Gasteiger partial charge < -0.3 is 10.1 Å². The van der Waals surface area contributed by atoms with Gasteiger partial charge in [-0.1, -0.05) is 13.8 Å². The molecule has 1 heterocycles. The van der Waals surface area contributed by atoms with Gasteiger partial charge in [-0.15, -0.1) is 0 Å². The highest BCUT2D eigenvalue weighted by Crippen LogP contribution is 2.23. The summed E-state index contributed by atoms with van der Waals surface area (Å²) >= 11 is 0. The molecule has 0 bridgehead atoms. The van der Waals surface area contributed by atoms with Crippen LogP contribution in [0.5, 0.6) is 11.5 Å². The Bertz CT molecular complexity index is 936. The van der Waals surface area contributed by atoms with Gasteiger partial charge in [-0.25, -0.2) is 4.39 Å². The first kappa shape index (κ1) is 18.6. The van der Waals surface area contributed by atoms with Gasteiger partial charge in [0.05, 0.1) is 11.3 Å². The first-order chi connectivity index (χ1) is 12.9. The molecule has 0 spiro atoms. The second-order valence-electron chi connectivity index (χ2n) is 6.56. The van der Waals surface area contributed by atoms with E-state index in [1.165, 1.54) is 12.1 Å². The highest BCUT2D eigenvalue weighted by molar-refractivity contribution is 6.05. The molecule has 138 valence electrons. The van der Waals surface area contributed by atoms with E-state index in [1.54, 1.807) is 42.5 Å². The van der Waals surface area contributed by atoms with Crippen molar-refractivity contribution in [3.63, 3.8) is 0 Å². The van der Waals surface area contributed by atoms with E-state index in [0.717, 1.165) is 5.69 Å². The number of pyridine rings is 1. The summed E-state index contributed by atoms with van der Waals surface area (Å²) in [4.78, 5) is 17.0. The molecule has 0 aliphatic rings. The predicted octanol–water partition coefficient (Wildman–Crippen LogP) is 5.70. The van der Waals surface area contributed by atoms with E-state index < -0.39 is 0 Å². The SMILES string of the molecule is Cc1nc(C(C)C)ccc1C(=O)Nc1ccc(Oc2ccc(F)cc2)cc1. The summed E-state index contributed by atoms with van der Waals surface area (Å²) in [5.41, 5.74) is 2.87. The number of carbonyl (C=O) groups is 1. The van der Waals surface area contributed by atoms with Crippen LogP contribution in [0, 0.1) is 12.7 Å². The van der Waals surface area contributed by atoms with E-state index in [9.17, 15) is 9.18 Å². The third-order valence-electron chi connectivity index (χ3n) is 4.11. The van der Waals surface area contributed by atoms with Crippen molar-refractivity contribution >= 4 is 11.6 Å². The van der Waals surface area contributed by atoms with Gasteiger partial charge in [0.25, 0.3) is 5.91 Å². The lowest BCUT2D eigenvalue weighted by atomic mass is 10.1. The van der Waals surface area contributed by atoms with Crippen molar-refractivity contribution in [2.24, 2.45) is 0 Å². The monoisotopic (exact) mass is 364 g/mol. The van der Waals surface area contributed by atoms with Gasteiger partial charge >= 0.3 is 0 Å². The predicted molar refractivity (Wildman–Crippen MR) is 104 cm³/mol. The van der Waals surface area contributed by atoms with Crippen molar-refractivity contribution < 1.29 is 13.9 Å². The molecule has 0 atom stereocenters. The number of anilines is 1. The Labute approximate surface area is 158 Å². The summed E-state index contributed by atoms with van der Waals surface area (Å²) < 4.78 is 18.6. The first-order valence-electron chi connectivity index (χ1n) is 8.75. The Morgan fingerprint density at radius 1 is 0.963 bits per heavy atom. The van der Waals surface area contributed by atoms with E-state index in [-0.39, 0.29) is 11.7 Å². The molecule has 0 unspecified atom stereocenters. The number of halogens is 1. The molecular formula is C22H21FN2O2. The molecule has 1 N–H and O–H groups in total. The molecule has 0 fully saturated rings. The minimum absolute atomic E-state index is 0.206. The van der Waals surface area contributed by atoms with Crippen LogP contribution in [0.15, 0.2) is 60.7 Å². The maximum Gasteiger partial charge on any atom is 0.257 e. The average Bonchev–Trinajstić information content (AvgIpc) is 2.65. The highest BCUT2D eigenvalue weighted by atomic mass is 19.1. The smallest absolute Gasteiger partial charge is 0.257 e. The van der Waals surface area contributed by atoms with Crippen LogP contribution in [0.3, 0.4) is 0 Å². The van der Waals surface area contributed by atoms with Crippen molar-refractivity contribution in [1.82, 2.24) is 4.98 Å². The molecule has 0 radical (unpaired) electrons. The number of nitrogens with zero attached hydrogens (tertiary/aromatic N) is 1. The lowest BCUT2D eigenvalue weighted by Gasteiger charge is -2.11. The quantitative estimate of drug-likeness (QED) is 0.632. The van der Waals surface area contributed by atoms with E-state index in [2.05, 4.69) is 24.1 Å². The van der Waals surface area contributed by atoms with Crippen LogP contribution < -0.4 is 10.1 Å². The van der Waals surface area contributed by atoms with Gasteiger partial charge in [-0.05, 0) is 73.5 Å². The van der Waals surface area contributed by atoms with Gasteiger partial charge in [0, 0.05) is 11.4 Å². The molecule has 1 amide bonds. The number of nitrogens with one attached hydrogen (secondary N) is 1. The number of ether oxygens (including phenoxy) is 1. The molecule has 0 aliphatic carbocycles. The van der Waals surface area contributed by atoms with Crippen LogP contribution in [0.4, 0.5) is 10.1 Å². The lowest BCUT2D eigenvalue weighted by molar-refractivity contribution is 0.102. The second kappa shape index (κ2) is 7.99. The van der Waals surface area contributed by atoms with Crippen LogP contribution in [-0.2, 0) is 0 Å². The Balaban J connectivity index is 1.67. The Kier molecular flexibility index (Phi) is 5.50. The van der Waals surface area contributed by atoms with Gasteiger partial charge in [0.1, 0.15) is 17.3 Å². The van der Waals surface area contributed by atoms with Crippen molar-refractivity contribution in [1.29, 1.82) is 0 Å². The Hall–Kier alpha value is -3.21. The third-order valence-corrected chi connectivity index (χ3v) is 4.11. The number of rotatable bonds is 5. The van der Waals surface area contributed by atoms with Crippen molar-refractivity contribution in [2.45, 2.75) is 26.7 Å². The zero-order chi connectivity index (χ0) is 19.4. The number of carbonyl (C=O) groups excluding carboxylic acids is 1. The Morgan fingerprint density at radius 3 is 2.11 bits per heavy atom. The van der Waals surface area contributed by atoms with E-state index in [1.807, 2.05) is 13.0 Å². The molecule has 3 aromatic rings. The summed E-state index contributed by atoms with van der Waals surface area (Å²) in [7, 11) is 0. The maximum atomic E-state index is 12.9. The lowest BCUT2D eigenvalue weighted by Crippen LogP contribution is -2.14. The summed E-state index contributed by atoms with van der Waals surface area (Å²) in [5.74, 6) is 0.933. The molecule has 5 heteroatoms. The molecule has 27 heavy (non-hydrogen) atoms. The summed E-state index contributed by atoms with van der Waals surface area (Å²) in [6, 6.07) is 16.5. The van der Waals surface area contributed by atoms with Gasteiger partial charge in [0.15, 0.2) is 0 Å². The minimum Gasteiger partial charge on any atom is -0.457 e. The first-order valence-corrected chi connectivity index (χ1v) is 8.75. The number of benzene rings is 2. The molecule has 1 aromatic heterocycles. The maximum absolute atomic E-state index is 12.9. The average molecular weight is 364 g/mol. The number of hydrogen-bond acceptors (Lipinski definition) is 3. The molecule has 0 aliphatic heterocycles. The van der Waals surface area contributed by atoms with Crippen molar-refractivity contribution in [2.75, 3.05) is 5.32 Å². The topological polar surface area (TPSA) is 51.2 Å². The van der Waals surface area contributed by atoms with E-state index in [4.69, 9.17) is 4.74 Å². The van der Waals surface area contributed by atoms with Crippen LogP contribution in [0.25, 0.3) is 0 Å². The fraction of sp³-hybridized carbons (Fsp3) is 0.182. The van der Waals surface area contributed by atoms with Gasteiger partial charge in [-0.3, -0.25) is 9.78 Å². The molecule has 4 nitrogen and oxygen atoms in total. The number of aromatic nitrogens is 1. The molecule has 3 rings (SSSR count). The third kappa shape index (κ3) is 4.70. The fourth-order valence-electron chi connectivity index (χ4n) is 2.59. The molecular weight excluding hydrogens is 343 g/mol. The largest absolute Gasteiger partial charge is 0.457 e. The van der Waals surface area contributed by atoms with Crippen LogP contribution in [0.2, 0.25) is 0 Å². The number of hydrogen-bond donors (Lipinski definition) is 1. The molecule has 2 aromatic carbocycles. The fourth-order valence-corrected chi connectivity index (χ4v) is 2.59. The normalized spacial score (nSPS) is 10.7. The van der Waals surface area contributed by atoms with E-state index >= 15 is 0 Å². The zero-order valence-corrected chi connectivity index (χ0v) is 15.5. The minimum atomic E-state index is -0.313. The van der Waals surface area contributed by atoms with Crippen molar-refractivity contribution in [3.8, 4) is 11.5 Å². The van der Waals surface area contributed by atoms with Crippen LogP contribution in [0.1, 0.15) is 41.5 Å². The second-order valence-corrected chi connectivity index (χ2v) is 6.56. The van der Waals surface area contributed by atoms with E-state index in [0.29, 0.717) is 34.4 Å². The van der Waals surface area contributed by atoms with Crippen LogP contribution >= 0.6 is 0 Å². The summed E-state index contributed by atoms with van der Waals surface area (Å²) in [5, 5.41) is 2.86. The summed E-state index contributed by atoms with van der Waals surface area (Å²) in [6.45, 7) is 5.97. The summed E-state index contributed by atoms with van der Waals surface area (Å²) in [6.07, 6.45) is 0. The number of aryl methyl sites for hydroxylation is 1. The number of amides is 1. The molecule has 0 saturated heterocycles.